The predicted octanol–water partition coefficient (Wildman–Crippen LogP) is -1.20. The third kappa shape index (κ3) is 2.93. The Kier molecular flexibility index (Phi) is 3.65. The van der Waals surface area contributed by atoms with E-state index < -0.39 is 12.0 Å². The molecular weight excluding hydrogens is 200 g/mol. The van der Waals surface area contributed by atoms with Gasteiger partial charge in [-0.1, -0.05) is 0 Å². The van der Waals surface area contributed by atoms with Crippen LogP contribution in [0.1, 0.15) is 13.3 Å². The molecule has 1 heterocycles. The van der Waals surface area contributed by atoms with Crippen LogP contribution < -0.4 is 10.6 Å². The number of rotatable bonds is 3. The van der Waals surface area contributed by atoms with Crippen molar-refractivity contribution in [3.63, 3.8) is 0 Å². The van der Waals surface area contributed by atoms with E-state index >= 15 is 0 Å². The van der Waals surface area contributed by atoms with Gasteiger partial charge in [-0.15, -0.1) is 0 Å². The first-order valence-electron chi connectivity index (χ1n) is 4.69. The van der Waals surface area contributed by atoms with E-state index in [1.807, 2.05) is 0 Å². The van der Waals surface area contributed by atoms with Crippen LogP contribution in [-0.4, -0.2) is 37.5 Å². The molecule has 84 valence electrons. The van der Waals surface area contributed by atoms with E-state index in [0.717, 1.165) is 0 Å². The molecule has 0 aliphatic carbocycles. The summed E-state index contributed by atoms with van der Waals surface area (Å²) in [5, 5.41) is 5.04. The lowest BCUT2D eigenvalue weighted by molar-refractivity contribution is -0.144. The van der Waals surface area contributed by atoms with Crippen LogP contribution in [0.4, 0.5) is 0 Å². The van der Waals surface area contributed by atoms with Gasteiger partial charge in [0.2, 0.25) is 11.8 Å². The van der Waals surface area contributed by atoms with E-state index in [-0.39, 0.29) is 24.2 Å². The van der Waals surface area contributed by atoms with Crippen LogP contribution in [-0.2, 0) is 19.1 Å². The van der Waals surface area contributed by atoms with E-state index in [9.17, 15) is 14.4 Å². The van der Waals surface area contributed by atoms with Gasteiger partial charge < -0.3 is 15.4 Å². The van der Waals surface area contributed by atoms with Crippen LogP contribution in [0, 0.1) is 5.92 Å². The number of carbonyl (C=O) groups excluding carboxylic acids is 3. The van der Waals surface area contributed by atoms with Crippen molar-refractivity contribution in [1.29, 1.82) is 0 Å². The molecule has 1 saturated heterocycles. The number of carbonyl (C=O) groups is 3. The summed E-state index contributed by atoms with van der Waals surface area (Å²) < 4.78 is 4.46. The Morgan fingerprint density at radius 2 is 2.27 bits per heavy atom. The number of esters is 1. The van der Waals surface area contributed by atoms with Crippen molar-refractivity contribution in [2.24, 2.45) is 5.92 Å². The Labute approximate surface area is 87.4 Å². The van der Waals surface area contributed by atoms with E-state index in [0.29, 0.717) is 6.54 Å². The van der Waals surface area contributed by atoms with Crippen LogP contribution in [0.2, 0.25) is 0 Å². The predicted molar refractivity (Wildman–Crippen MR) is 50.7 cm³/mol. The summed E-state index contributed by atoms with van der Waals surface area (Å²) in [5.74, 6) is -1.32. The molecule has 0 radical (unpaired) electrons. The third-order valence-electron chi connectivity index (χ3n) is 2.26. The Bertz CT molecular complexity index is 290. The number of hydrogen-bond donors (Lipinski definition) is 2. The van der Waals surface area contributed by atoms with Gasteiger partial charge in [0.15, 0.2) is 0 Å². The van der Waals surface area contributed by atoms with Gasteiger partial charge in [0.1, 0.15) is 6.04 Å². The fourth-order valence-corrected chi connectivity index (χ4v) is 1.36. The second-order valence-corrected chi connectivity index (χ2v) is 3.46. The van der Waals surface area contributed by atoms with Crippen molar-refractivity contribution >= 4 is 17.8 Å². The lowest BCUT2D eigenvalue weighted by Gasteiger charge is -2.13. The van der Waals surface area contributed by atoms with Crippen LogP contribution >= 0.6 is 0 Å². The summed E-state index contributed by atoms with van der Waals surface area (Å²) in [6, 6.07) is -0.682. The first kappa shape index (κ1) is 11.5. The Balaban J connectivity index is 2.42. The molecule has 15 heavy (non-hydrogen) atoms. The summed E-state index contributed by atoms with van der Waals surface area (Å²) in [5.41, 5.74) is 0. The van der Waals surface area contributed by atoms with Crippen molar-refractivity contribution in [3.8, 4) is 0 Å². The maximum absolute atomic E-state index is 11.5. The van der Waals surface area contributed by atoms with Crippen molar-refractivity contribution in [2.45, 2.75) is 19.4 Å². The fraction of sp³-hybridized carbons (Fsp3) is 0.667. The maximum Gasteiger partial charge on any atom is 0.328 e. The topological polar surface area (TPSA) is 84.5 Å². The van der Waals surface area contributed by atoms with E-state index in [1.54, 1.807) is 0 Å². The SMILES string of the molecule is COC(=O)[C@H](C)NC(=O)C1CNC(=O)C1. The number of hydrogen-bond acceptors (Lipinski definition) is 4. The van der Waals surface area contributed by atoms with E-state index in [4.69, 9.17) is 0 Å². The van der Waals surface area contributed by atoms with E-state index in [2.05, 4.69) is 15.4 Å². The molecular formula is C9H14N2O4. The summed E-state index contributed by atoms with van der Waals surface area (Å²) in [6.07, 6.45) is 0.180. The molecule has 6 nitrogen and oxygen atoms in total. The van der Waals surface area contributed by atoms with Gasteiger partial charge in [0.05, 0.1) is 13.0 Å². The Hall–Kier alpha value is -1.59. The monoisotopic (exact) mass is 214 g/mol. The average Bonchev–Trinajstić information content (AvgIpc) is 2.63. The molecule has 1 rings (SSSR count). The minimum absolute atomic E-state index is 0.138. The third-order valence-corrected chi connectivity index (χ3v) is 2.26. The zero-order chi connectivity index (χ0) is 11.4. The Morgan fingerprint density at radius 3 is 2.73 bits per heavy atom. The highest BCUT2D eigenvalue weighted by molar-refractivity contribution is 5.91. The zero-order valence-electron chi connectivity index (χ0n) is 8.70. The summed E-state index contributed by atoms with van der Waals surface area (Å²) >= 11 is 0. The molecule has 1 aliphatic rings. The van der Waals surface area contributed by atoms with Gasteiger partial charge >= 0.3 is 5.97 Å². The minimum Gasteiger partial charge on any atom is -0.467 e. The average molecular weight is 214 g/mol. The second-order valence-electron chi connectivity index (χ2n) is 3.46. The van der Waals surface area contributed by atoms with E-state index in [1.165, 1.54) is 14.0 Å². The molecule has 1 fully saturated rings. The zero-order valence-corrected chi connectivity index (χ0v) is 8.70. The second kappa shape index (κ2) is 4.77. The van der Waals surface area contributed by atoms with Gasteiger partial charge in [-0.3, -0.25) is 9.59 Å². The van der Waals surface area contributed by atoms with Crippen molar-refractivity contribution in [1.82, 2.24) is 10.6 Å². The van der Waals surface area contributed by atoms with Crippen LogP contribution in [0.3, 0.4) is 0 Å². The van der Waals surface area contributed by atoms with Crippen molar-refractivity contribution in [3.05, 3.63) is 0 Å². The minimum atomic E-state index is -0.682. The molecule has 2 amide bonds. The fourth-order valence-electron chi connectivity index (χ4n) is 1.36. The van der Waals surface area contributed by atoms with Crippen molar-refractivity contribution < 1.29 is 19.1 Å². The van der Waals surface area contributed by atoms with Crippen LogP contribution in [0.15, 0.2) is 0 Å². The number of methoxy groups -OCH3 is 1. The first-order chi connectivity index (χ1) is 7.04. The molecule has 0 spiro atoms. The number of nitrogens with one attached hydrogen (secondary N) is 2. The highest BCUT2D eigenvalue weighted by atomic mass is 16.5. The van der Waals surface area contributed by atoms with Gasteiger partial charge in [0.25, 0.3) is 0 Å². The smallest absolute Gasteiger partial charge is 0.328 e. The molecule has 0 aromatic rings. The normalized spacial score (nSPS) is 21.7. The number of amides is 2. The molecule has 2 N–H and O–H groups in total. The summed E-state index contributed by atoms with van der Waals surface area (Å²) in [4.78, 5) is 33.4. The van der Waals surface area contributed by atoms with Crippen molar-refractivity contribution in [2.75, 3.05) is 13.7 Å². The molecule has 0 aromatic carbocycles. The van der Waals surface area contributed by atoms with Gasteiger partial charge in [-0.25, -0.2) is 4.79 Å². The highest BCUT2D eigenvalue weighted by Crippen LogP contribution is 2.08. The first-order valence-corrected chi connectivity index (χ1v) is 4.69. The highest BCUT2D eigenvalue weighted by Gasteiger charge is 2.29. The lowest BCUT2D eigenvalue weighted by Crippen LogP contribution is -2.42. The van der Waals surface area contributed by atoms with Crippen LogP contribution in [0.25, 0.3) is 0 Å². The molecule has 2 atom stereocenters. The molecule has 6 heteroatoms. The molecule has 1 aliphatic heterocycles. The summed E-state index contributed by atoms with van der Waals surface area (Å²) in [7, 11) is 1.26. The summed E-state index contributed by atoms with van der Waals surface area (Å²) in [6.45, 7) is 1.87. The Morgan fingerprint density at radius 1 is 1.60 bits per heavy atom. The maximum atomic E-state index is 11.5. The van der Waals surface area contributed by atoms with Gasteiger partial charge in [0, 0.05) is 13.0 Å². The van der Waals surface area contributed by atoms with Crippen LogP contribution in [0.5, 0.6) is 0 Å². The quantitative estimate of drug-likeness (QED) is 0.578. The molecule has 0 aromatic heterocycles. The number of ether oxygens (including phenoxy) is 1. The lowest BCUT2D eigenvalue weighted by atomic mass is 10.1. The standard InChI is InChI=1S/C9H14N2O4/c1-5(9(14)15-2)11-8(13)6-3-7(12)10-4-6/h5-6H,3-4H2,1-2H3,(H,10,12)(H,11,13)/t5-,6?/m0/s1. The molecule has 1 unspecified atom stereocenters. The van der Waals surface area contributed by atoms with Gasteiger partial charge in [-0.05, 0) is 6.92 Å². The molecule has 0 bridgehead atoms. The molecule has 0 saturated carbocycles. The van der Waals surface area contributed by atoms with Gasteiger partial charge in [-0.2, -0.15) is 0 Å². The largest absolute Gasteiger partial charge is 0.467 e.